The maximum absolute atomic E-state index is 12.8. The van der Waals surface area contributed by atoms with E-state index in [1.54, 1.807) is 0 Å². The number of hydrogen-bond acceptors (Lipinski definition) is 1. The summed E-state index contributed by atoms with van der Waals surface area (Å²) >= 11 is 0. The Balaban J connectivity index is 2.55. The molecule has 72 valence electrons. The lowest BCUT2D eigenvalue weighted by atomic mass is 9.74. The maximum Gasteiger partial charge on any atom is 0.248 e. The van der Waals surface area contributed by atoms with Gasteiger partial charge in [0.1, 0.15) is 0 Å². The van der Waals surface area contributed by atoms with E-state index in [1.807, 2.05) is 13.8 Å². The maximum atomic E-state index is 12.8. The van der Waals surface area contributed by atoms with E-state index >= 15 is 0 Å². The number of halogens is 2. The number of nitrogens with two attached hydrogens (primary N) is 1. The van der Waals surface area contributed by atoms with Gasteiger partial charge in [-0.1, -0.05) is 13.8 Å². The Morgan fingerprint density at radius 3 is 1.83 bits per heavy atom. The minimum Gasteiger partial charge on any atom is -0.325 e. The lowest BCUT2D eigenvalue weighted by molar-refractivity contribution is -0.0564. The van der Waals surface area contributed by atoms with Crippen molar-refractivity contribution in [1.29, 1.82) is 0 Å². The first kappa shape index (κ1) is 9.90. The van der Waals surface area contributed by atoms with Crippen LogP contribution in [0.5, 0.6) is 0 Å². The van der Waals surface area contributed by atoms with Gasteiger partial charge in [0, 0.05) is 18.4 Å². The summed E-state index contributed by atoms with van der Waals surface area (Å²) in [6.45, 7) is 4.01. The van der Waals surface area contributed by atoms with Crippen molar-refractivity contribution < 1.29 is 8.78 Å². The van der Waals surface area contributed by atoms with Gasteiger partial charge >= 0.3 is 0 Å². The molecule has 1 rings (SSSR count). The Bertz CT molecular complexity index is 156. The van der Waals surface area contributed by atoms with Gasteiger partial charge in [-0.15, -0.1) is 0 Å². The summed E-state index contributed by atoms with van der Waals surface area (Å²) in [5, 5.41) is 0. The van der Waals surface area contributed by atoms with Crippen LogP contribution in [0.25, 0.3) is 0 Å². The third-order valence-corrected chi connectivity index (χ3v) is 3.06. The molecule has 2 N–H and O–H groups in total. The molecule has 0 spiro atoms. The molecule has 0 saturated heterocycles. The van der Waals surface area contributed by atoms with Gasteiger partial charge < -0.3 is 5.73 Å². The van der Waals surface area contributed by atoms with Crippen LogP contribution < -0.4 is 5.73 Å². The molecule has 0 radical (unpaired) electrons. The predicted octanol–water partition coefficient (Wildman–Crippen LogP) is 2.55. The van der Waals surface area contributed by atoms with Gasteiger partial charge in [-0.2, -0.15) is 0 Å². The predicted molar refractivity (Wildman–Crippen MR) is 45.2 cm³/mol. The van der Waals surface area contributed by atoms with E-state index in [1.165, 1.54) is 0 Å². The molecule has 1 aliphatic rings. The van der Waals surface area contributed by atoms with Crippen molar-refractivity contribution in [2.24, 2.45) is 11.7 Å². The fourth-order valence-corrected chi connectivity index (χ4v) is 1.66. The van der Waals surface area contributed by atoms with Crippen LogP contribution in [-0.4, -0.2) is 11.5 Å². The van der Waals surface area contributed by atoms with E-state index in [-0.39, 0.29) is 18.4 Å². The Morgan fingerprint density at radius 1 is 1.08 bits per heavy atom. The van der Waals surface area contributed by atoms with E-state index in [0.717, 1.165) is 0 Å². The van der Waals surface area contributed by atoms with Crippen LogP contribution in [0.1, 0.15) is 39.5 Å². The third-order valence-electron chi connectivity index (χ3n) is 3.06. The highest BCUT2D eigenvalue weighted by Crippen LogP contribution is 2.40. The fourth-order valence-electron chi connectivity index (χ4n) is 1.66. The highest BCUT2D eigenvalue weighted by molar-refractivity contribution is 4.94. The highest BCUT2D eigenvalue weighted by atomic mass is 19.3. The first-order valence-corrected chi connectivity index (χ1v) is 4.52. The molecule has 1 nitrogen and oxygen atoms in total. The van der Waals surface area contributed by atoms with Crippen LogP contribution in [0.3, 0.4) is 0 Å². The Hall–Kier alpha value is -0.180. The summed E-state index contributed by atoms with van der Waals surface area (Å²) in [5.74, 6) is -2.16. The van der Waals surface area contributed by atoms with Gasteiger partial charge in [0.15, 0.2) is 0 Å². The largest absolute Gasteiger partial charge is 0.325 e. The highest BCUT2D eigenvalue weighted by Gasteiger charge is 2.42. The Kier molecular flexibility index (Phi) is 2.43. The van der Waals surface area contributed by atoms with Crippen LogP contribution in [0.2, 0.25) is 0 Å². The van der Waals surface area contributed by atoms with Gasteiger partial charge in [-0.25, -0.2) is 8.78 Å². The number of hydrogen-bond donors (Lipinski definition) is 1. The monoisotopic (exact) mass is 177 g/mol. The van der Waals surface area contributed by atoms with E-state index in [9.17, 15) is 8.78 Å². The second-order valence-electron chi connectivity index (χ2n) is 4.24. The lowest BCUT2D eigenvalue weighted by Gasteiger charge is -2.40. The van der Waals surface area contributed by atoms with Gasteiger partial charge in [0.25, 0.3) is 0 Å². The quantitative estimate of drug-likeness (QED) is 0.654. The van der Waals surface area contributed by atoms with Crippen LogP contribution in [0.15, 0.2) is 0 Å². The van der Waals surface area contributed by atoms with Gasteiger partial charge in [0.2, 0.25) is 5.92 Å². The summed E-state index contributed by atoms with van der Waals surface area (Å²) in [4.78, 5) is 0. The van der Waals surface area contributed by atoms with E-state index in [4.69, 9.17) is 5.73 Å². The molecule has 0 aromatic rings. The van der Waals surface area contributed by atoms with Gasteiger partial charge in [-0.3, -0.25) is 0 Å². The molecule has 0 unspecified atom stereocenters. The fraction of sp³-hybridized carbons (Fsp3) is 1.00. The molecule has 0 atom stereocenters. The number of alkyl halides is 2. The molecule has 1 aliphatic carbocycles. The topological polar surface area (TPSA) is 26.0 Å². The SMILES string of the molecule is CC(C)C1(N)CCC(F)(F)CC1. The molecular formula is C9H17F2N. The van der Waals surface area contributed by atoms with Crippen molar-refractivity contribution in [1.82, 2.24) is 0 Å². The molecule has 0 aliphatic heterocycles. The zero-order valence-corrected chi connectivity index (χ0v) is 7.74. The molecule has 12 heavy (non-hydrogen) atoms. The van der Waals surface area contributed by atoms with E-state index in [0.29, 0.717) is 18.8 Å². The first-order chi connectivity index (χ1) is 5.36. The molecule has 3 heteroatoms. The molecular weight excluding hydrogens is 160 g/mol. The lowest BCUT2D eigenvalue weighted by Crippen LogP contribution is -2.50. The van der Waals surface area contributed by atoms with Crippen molar-refractivity contribution in [2.75, 3.05) is 0 Å². The summed E-state index contributed by atoms with van der Waals surface area (Å²) in [6.07, 6.45) is 0.832. The molecule has 0 amide bonds. The average molecular weight is 177 g/mol. The van der Waals surface area contributed by atoms with Crippen molar-refractivity contribution in [2.45, 2.75) is 51.0 Å². The van der Waals surface area contributed by atoms with Crippen LogP contribution in [-0.2, 0) is 0 Å². The summed E-state index contributed by atoms with van der Waals surface area (Å²) in [6, 6.07) is 0. The molecule has 0 aromatic carbocycles. The first-order valence-electron chi connectivity index (χ1n) is 4.52. The van der Waals surface area contributed by atoms with Crippen LogP contribution in [0, 0.1) is 5.92 Å². The molecule has 0 aromatic heterocycles. The van der Waals surface area contributed by atoms with Crippen LogP contribution in [0.4, 0.5) is 8.78 Å². The zero-order chi connectivity index (χ0) is 9.41. The zero-order valence-electron chi connectivity index (χ0n) is 7.74. The second kappa shape index (κ2) is 2.95. The molecule has 1 saturated carbocycles. The van der Waals surface area contributed by atoms with Crippen molar-refractivity contribution in [3.05, 3.63) is 0 Å². The standard InChI is InChI=1S/C9H17F2N/c1-7(2)8(12)3-5-9(10,11)6-4-8/h7H,3-6,12H2,1-2H3. The second-order valence-corrected chi connectivity index (χ2v) is 4.24. The minimum absolute atomic E-state index is 0.0400. The molecule has 0 bridgehead atoms. The van der Waals surface area contributed by atoms with E-state index in [2.05, 4.69) is 0 Å². The average Bonchev–Trinajstić information content (AvgIpc) is 1.96. The van der Waals surface area contributed by atoms with E-state index < -0.39 is 5.92 Å². The Morgan fingerprint density at radius 2 is 1.50 bits per heavy atom. The van der Waals surface area contributed by atoms with Crippen molar-refractivity contribution >= 4 is 0 Å². The van der Waals surface area contributed by atoms with Gasteiger partial charge in [0.05, 0.1) is 0 Å². The van der Waals surface area contributed by atoms with Crippen LogP contribution >= 0.6 is 0 Å². The summed E-state index contributed by atoms with van der Waals surface area (Å²) < 4.78 is 25.5. The minimum atomic E-state index is -2.46. The number of rotatable bonds is 1. The smallest absolute Gasteiger partial charge is 0.248 e. The van der Waals surface area contributed by atoms with Crippen molar-refractivity contribution in [3.63, 3.8) is 0 Å². The normalized spacial score (nSPS) is 27.5. The molecule has 0 heterocycles. The third kappa shape index (κ3) is 1.94. The summed E-state index contributed by atoms with van der Waals surface area (Å²) in [7, 11) is 0. The molecule has 1 fully saturated rings. The Labute approximate surface area is 72.3 Å². The summed E-state index contributed by atoms with van der Waals surface area (Å²) in [5.41, 5.74) is 5.64. The van der Waals surface area contributed by atoms with Crippen molar-refractivity contribution in [3.8, 4) is 0 Å². The van der Waals surface area contributed by atoms with Gasteiger partial charge in [-0.05, 0) is 18.8 Å².